The minimum absolute atomic E-state index is 0.166. The number of ether oxygens (including phenoxy) is 2. The van der Waals surface area contributed by atoms with Crippen LogP contribution in [0.2, 0.25) is 0 Å². The number of halogens is 1. The predicted molar refractivity (Wildman–Crippen MR) is 82.8 cm³/mol. The second-order valence-corrected chi connectivity index (χ2v) is 5.28. The van der Waals surface area contributed by atoms with Crippen LogP contribution in [-0.4, -0.2) is 26.2 Å². The van der Waals surface area contributed by atoms with Crippen LogP contribution in [0.4, 0.5) is 4.39 Å². The summed E-state index contributed by atoms with van der Waals surface area (Å²) in [5, 5.41) is 2.78. The van der Waals surface area contributed by atoms with Crippen LogP contribution in [0.5, 0.6) is 5.75 Å². The van der Waals surface area contributed by atoms with E-state index in [2.05, 4.69) is 5.32 Å². The van der Waals surface area contributed by atoms with Gasteiger partial charge in [-0.2, -0.15) is 0 Å². The first kappa shape index (κ1) is 17.0. The average molecular weight is 321 g/mol. The zero-order valence-electron chi connectivity index (χ0n) is 13.2. The molecule has 0 aliphatic heterocycles. The van der Waals surface area contributed by atoms with E-state index in [1.807, 2.05) is 6.92 Å². The molecule has 0 bridgehead atoms. The fraction of sp³-hybridized carbons (Fsp3) is 0.353. The molecule has 5 nitrogen and oxygen atoms in total. The van der Waals surface area contributed by atoms with Gasteiger partial charge in [0.15, 0.2) is 5.76 Å². The first-order valence-corrected chi connectivity index (χ1v) is 7.32. The highest BCUT2D eigenvalue weighted by Crippen LogP contribution is 2.15. The quantitative estimate of drug-likeness (QED) is 0.812. The Morgan fingerprint density at radius 3 is 2.70 bits per heavy atom. The Hall–Kier alpha value is -2.34. The van der Waals surface area contributed by atoms with Crippen LogP contribution in [0, 0.1) is 11.7 Å². The number of furan rings is 1. The molecule has 1 aromatic carbocycles. The van der Waals surface area contributed by atoms with Gasteiger partial charge < -0.3 is 19.2 Å². The zero-order valence-corrected chi connectivity index (χ0v) is 13.2. The number of rotatable bonds is 8. The molecule has 2 aromatic rings. The molecule has 124 valence electrons. The lowest BCUT2D eigenvalue weighted by Crippen LogP contribution is -2.29. The van der Waals surface area contributed by atoms with E-state index in [0.29, 0.717) is 24.7 Å². The van der Waals surface area contributed by atoms with E-state index in [9.17, 15) is 9.18 Å². The molecule has 0 fully saturated rings. The van der Waals surface area contributed by atoms with Gasteiger partial charge in [0.25, 0.3) is 5.91 Å². The van der Waals surface area contributed by atoms with Crippen LogP contribution < -0.4 is 10.1 Å². The van der Waals surface area contributed by atoms with Crippen molar-refractivity contribution in [3.05, 3.63) is 53.7 Å². The van der Waals surface area contributed by atoms with Crippen molar-refractivity contribution in [2.45, 2.75) is 13.5 Å². The normalized spacial score (nSPS) is 12.0. The second kappa shape index (κ2) is 8.33. The molecular formula is C17H20FNO4. The summed E-state index contributed by atoms with van der Waals surface area (Å²) in [5.74, 6) is 0.900. The van der Waals surface area contributed by atoms with Crippen LogP contribution in [0.3, 0.4) is 0 Å². The Balaban J connectivity index is 1.82. The smallest absolute Gasteiger partial charge is 0.287 e. The van der Waals surface area contributed by atoms with E-state index in [0.717, 1.165) is 0 Å². The number of carbonyl (C=O) groups excluding carboxylic acids is 1. The highest BCUT2D eigenvalue weighted by molar-refractivity contribution is 5.91. The number of benzene rings is 1. The van der Waals surface area contributed by atoms with Crippen LogP contribution >= 0.6 is 0 Å². The summed E-state index contributed by atoms with van der Waals surface area (Å²) in [4.78, 5) is 12.0. The van der Waals surface area contributed by atoms with Gasteiger partial charge in [0.1, 0.15) is 23.9 Å². The van der Waals surface area contributed by atoms with Crippen molar-refractivity contribution < 1.29 is 23.1 Å². The predicted octanol–water partition coefficient (Wildman–Crippen LogP) is 3.01. The van der Waals surface area contributed by atoms with E-state index in [1.165, 1.54) is 24.3 Å². The zero-order chi connectivity index (χ0) is 16.7. The van der Waals surface area contributed by atoms with E-state index in [4.69, 9.17) is 13.9 Å². The van der Waals surface area contributed by atoms with Crippen molar-refractivity contribution in [2.75, 3.05) is 20.3 Å². The molecule has 0 saturated heterocycles. The molecule has 1 amide bonds. The lowest BCUT2D eigenvalue weighted by atomic mass is 10.2. The third-order valence-corrected chi connectivity index (χ3v) is 3.14. The summed E-state index contributed by atoms with van der Waals surface area (Å²) in [6.07, 6.45) is 0. The van der Waals surface area contributed by atoms with Gasteiger partial charge in [-0.05, 0) is 42.3 Å². The summed E-state index contributed by atoms with van der Waals surface area (Å²) in [5.41, 5.74) is 0. The summed E-state index contributed by atoms with van der Waals surface area (Å²) in [7, 11) is 1.62. The Morgan fingerprint density at radius 2 is 2.00 bits per heavy atom. The Bertz CT molecular complexity index is 624. The first-order chi connectivity index (χ1) is 11.1. The van der Waals surface area contributed by atoms with E-state index in [-0.39, 0.29) is 30.0 Å². The molecule has 1 atom stereocenters. The SMILES string of the molecule is COC[C@H](C)CNC(=O)c1ccc(COc2ccc(F)cc2)o1. The van der Waals surface area contributed by atoms with Crippen molar-refractivity contribution in [3.63, 3.8) is 0 Å². The summed E-state index contributed by atoms with van der Waals surface area (Å²) < 4.78 is 28.7. The number of amides is 1. The molecule has 1 N–H and O–H groups in total. The molecule has 0 aliphatic rings. The van der Waals surface area contributed by atoms with Gasteiger partial charge in [-0.15, -0.1) is 0 Å². The molecule has 6 heteroatoms. The maximum atomic E-state index is 12.8. The summed E-state index contributed by atoms with van der Waals surface area (Å²) >= 11 is 0. The largest absolute Gasteiger partial charge is 0.486 e. The molecule has 1 heterocycles. The van der Waals surface area contributed by atoms with E-state index in [1.54, 1.807) is 19.2 Å². The molecule has 23 heavy (non-hydrogen) atoms. The monoisotopic (exact) mass is 321 g/mol. The Morgan fingerprint density at radius 1 is 1.26 bits per heavy atom. The van der Waals surface area contributed by atoms with Crippen molar-refractivity contribution >= 4 is 5.91 Å². The fourth-order valence-corrected chi connectivity index (χ4v) is 1.96. The van der Waals surface area contributed by atoms with Crippen molar-refractivity contribution in [1.29, 1.82) is 0 Å². The minimum atomic E-state index is -0.322. The minimum Gasteiger partial charge on any atom is -0.486 e. The van der Waals surface area contributed by atoms with E-state index >= 15 is 0 Å². The maximum absolute atomic E-state index is 12.8. The number of hydrogen-bond donors (Lipinski definition) is 1. The van der Waals surface area contributed by atoms with Gasteiger partial charge in [-0.3, -0.25) is 4.79 Å². The number of nitrogens with one attached hydrogen (secondary N) is 1. The van der Waals surface area contributed by atoms with Crippen LogP contribution in [0.25, 0.3) is 0 Å². The number of hydrogen-bond acceptors (Lipinski definition) is 4. The van der Waals surface area contributed by atoms with Gasteiger partial charge in [0.2, 0.25) is 0 Å². The van der Waals surface area contributed by atoms with Crippen LogP contribution in [-0.2, 0) is 11.3 Å². The van der Waals surface area contributed by atoms with Gasteiger partial charge in [-0.25, -0.2) is 4.39 Å². The summed E-state index contributed by atoms with van der Waals surface area (Å²) in [6.45, 7) is 3.23. The first-order valence-electron chi connectivity index (χ1n) is 7.32. The molecular weight excluding hydrogens is 301 g/mol. The van der Waals surface area contributed by atoms with Gasteiger partial charge in [0.05, 0.1) is 6.61 Å². The molecule has 0 saturated carbocycles. The van der Waals surface area contributed by atoms with Crippen LogP contribution in [0.15, 0.2) is 40.8 Å². The van der Waals surface area contributed by atoms with Crippen LogP contribution in [0.1, 0.15) is 23.2 Å². The molecule has 2 rings (SSSR count). The van der Waals surface area contributed by atoms with Crippen molar-refractivity contribution in [1.82, 2.24) is 5.32 Å². The third-order valence-electron chi connectivity index (χ3n) is 3.14. The standard InChI is InChI=1S/C17H20FNO4/c1-12(10-21-2)9-19-17(20)16-8-7-15(23-16)11-22-14-5-3-13(18)4-6-14/h3-8,12H,9-11H2,1-2H3,(H,19,20)/t12-/m1/s1. The fourth-order valence-electron chi connectivity index (χ4n) is 1.96. The lowest BCUT2D eigenvalue weighted by molar-refractivity contribution is 0.0902. The molecule has 1 aromatic heterocycles. The number of carbonyl (C=O) groups is 1. The molecule has 0 radical (unpaired) electrons. The highest BCUT2D eigenvalue weighted by atomic mass is 19.1. The Kier molecular flexibility index (Phi) is 6.17. The van der Waals surface area contributed by atoms with E-state index < -0.39 is 0 Å². The van der Waals surface area contributed by atoms with Gasteiger partial charge in [0, 0.05) is 13.7 Å². The van der Waals surface area contributed by atoms with Gasteiger partial charge >= 0.3 is 0 Å². The summed E-state index contributed by atoms with van der Waals surface area (Å²) in [6, 6.07) is 8.97. The lowest BCUT2D eigenvalue weighted by Gasteiger charge is -2.10. The van der Waals surface area contributed by atoms with Crippen molar-refractivity contribution in [2.24, 2.45) is 5.92 Å². The highest BCUT2D eigenvalue weighted by Gasteiger charge is 2.12. The van der Waals surface area contributed by atoms with Crippen molar-refractivity contribution in [3.8, 4) is 5.75 Å². The second-order valence-electron chi connectivity index (χ2n) is 5.28. The molecule has 0 aliphatic carbocycles. The third kappa shape index (κ3) is 5.41. The number of methoxy groups -OCH3 is 1. The Labute approximate surface area is 134 Å². The topological polar surface area (TPSA) is 60.7 Å². The molecule has 0 spiro atoms. The van der Waals surface area contributed by atoms with Gasteiger partial charge in [-0.1, -0.05) is 6.92 Å². The maximum Gasteiger partial charge on any atom is 0.287 e. The molecule has 0 unspecified atom stereocenters. The average Bonchev–Trinajstić information content (AvgIpc) is 3.01.